The van der Waals surface area contributed by atoms with E-state index in [0.29, 0.717) is 5.25 Å². The van der Waals surface area contributed by atoms with Crippen LogP contribution in [0.1, 0.15) is 40.0 Å². The molecule has 0 aliphatic rings. The second-order valence-electron chi connectivity index (χ2n) is 4.98. The molecule has 4 nitrogen and oxygen atoms in total. The minimum Gasteiger partial charge on any atom is -0.468 e. The van der Waals surface area contributed by atoms with Gasteiger partial charge in [0.25, 0.3) is 0 Å². The first-order chi connectivity index (χ1) is 9.00. The maximum atomic E-state index is 11.9. The molecule has 0 aliphatic heterocycles. The summed E-state index contributed by atoms with van der Waals surface area (Å²) in [5, 5.41) is 3.72. The quantitative estimate of drug-likeness (QED) is 0.468. The predicted octanol–water partition coefficient (Wildman–Crippen LogP) is 2.47. The van der Waals surface area contributed by atoms with Crippen LogP contribution in [0.2, 0.25) is 0 Å². The summed E-state index contributed by atoms with van der Waals surface area (Å²) in [6, 6.07) is 0. The van der Waals surface area contributed by atoms with E-state index in [1.54, 1.807) is 7.11 Å². The SMILES string of the molecule is CCCNC(C)(CC(C)SCCCOC)C(=O)OC. The number of hydrogen-bond donors (Lipinski definition) is 1. The van der Waals surface area contributed by atoms with Crippen LogP contribution in [-0.4, -0.2) is 49.9 Å². The van der Waals surface area contributed by atoms with Gasteiger partial charge in [-0.25, -0.2) is 0 Å². The van der Waals surface area contributed by atoms with Crippen molar-refractivity contribution in [2.45, 2.75) is 50.8 Å². The highest BCUT2D eigenvalue weighted by molar-refractivity contribution is 7.99. The number of methoxy groups -OCH3 is 2. The highest BCUT2D eigenvalue weighted by Crippen LogP contribution is 2.23. The molecule has 0 aliphatic carbocycles. The molecule has 0 saturated heterocycles. The number of nitrogens with one attached hydrogen (secondary N) is 1. The maximum absolute atomic E-state index is 11.9. The average Bonchev–Trinajstić information content (AvgIpc) is 2.40. The molecule has 0 aromatic heterocycles. The fraction of sp³-hybridized carbons (Fsp3) is 0.929. The topological polar surface area (TPSA) is 47.6 Å². The van der Waals surface area contributed by atoms with Gasteiger partial charge >= 0.3 is 5.97 Å². The van der Waals surface area contributed by atoms with Crippen LogP contribution in [0, 0.1) is 0 Å². The third-order valence-electron chi connectivity index (χ3n) is 2.99. The summed E-state index contributed by atoms with van der Waals surface area (Å²) in [5.74, 6) is 0.880. The lowest BCUT2D eigenvalue weighted by Crippen LogP contribution is -2.51. The Morgan fingerprint density at radius 2 is 2.11 bits per heavy atom. The Morgan fingerprint density at radius 3 is 2.63 bits per heavy atom. The molecule has 0 amide bonds. The van der Waals surface area contributed by atoms with Crippen LogP contribution in [0.15, 0.2) is 0 Å². The van der Waals surface area contributed by atoms with Crippen molar-refractivity contribution in [1.82, 2.24) is 5.32 Å². The second kappa shape index (κ2) is 10.5. The molecular weight excluding hydrogens is 262 g/mol. The predicted molar refractivity (Wildman–Crippen MR) is 81.7 cm³/mol. The van der Waals surface area contributed by atoms with Gasteiger partial charge in [-0.15, -0.1) is 0 Å². The summed E-state index contributed by atoms with van der Waals surface area (Å²) in [4.78, 5) is 11.9. The summed E-state index contributed by atoms with van der Waals surface area (Å²) in [5.41, 5.74) is -0.585. The van der Waals surface area contributed by atoms with E-state index in [0.717, 1.165) is 38.2 Å². The molecule has 0 fully saturated rings. The van der Waals surface area contributed by atoms with Crippen molar-refractivity contribution < 1.29 is 14.3 Å². The molecule has 0 aromatic rings. The first kappa shape index (κ1) is 18.7. The first-order valence-electron chi connectivity index (χ1n) is 6.94. The van der Waals surface area contributed by atoms with Gasteiger partial charge in [0, 0.05) is 19.0 Å². The Bertz CT molecular complexity index is 251. The molecule has 2 atom stereocenters. The summed E-state index contributed by atoms with van der Waals surface area (Å²) >= 11 is 1.88. The Balaban J connectivity index is 4.26. The molecule has 0 spiro atoms. The maximum Gasteiger partial charge on any atom is 0.325 e. The van der Waals surface area contributed by atoms with Gasteiger partial charge in [0.2, 0.25) is 0 Å². The number of esters is 1. The summed E-state index contributed by atoms with van der Waals surface area (Å²) < 4.78 is 9.96. The molecule has 0 rings (SSSR count). The molecule has 114 valence electrons. The van der Waals surface area contributed by atoms with Crippen LogP contribution in [-0.2, 0) is 14.3 Å². The Labute approximate surface area is 122 Å². The zero-order valence-corrected chi connectivity index (χ0v) is 13.8. The van der Waals surface area contributed by atoms with Crippen LogP contribution < -0.4 is 5.32 Å². The van der Waals surface area contributed by atoms with Crippen LogP contribution in [0.3, 0.4) is 0 Å². The number of carbonyl (C=O) groups excluding carboxylic acids is 1. The number of carbonyl (C=O) groups is 1. The molecule has 19 heavy (non-hydrogen) atoms. The van der Waals surface area contributed by atoms with Gasteiger partial charge in [0.05, 0.1) is 7.11 Å². The van der Waals surface area contributed by atoms with Crippen LogP contribution in [0.25, 0.3) is 0 Å². The van der Waals surface area contributed by atoms with Crippen LogP contribution in [0.4, 0.5) is 0 Å². The first-order valence-corrected chi connectivity index (χ1v) is 7.99. The molecule has 0 aromatic carbocycles. The second-order valence-corrected chi connectivity index (χ2v) is 6.53. The highest BCUT2D eigenvalue weighted by Gasteiger charge is 2.35. The van der Waals surface area contributed by atoms with Crippen molar-refractivity contribution in [2.75, 3.05) is 33.1 Å². The lowest BCUT2D eigenvalue weighted by atomic mass is 9.96. The van der Waals surface area contributed by atoms with E-state index in [1.807, 2.05) is 18.7 Å². The minimum atomic E-state index is -0.585. The van der Waals surface area contributed by atoms with Crippen LogP contribution >= 0.6 is 11.8 Å². The Morgan fingerprint density at radius 1 is 1.42 bits per heavy atom. The molecular formula is C14H29NO3S. The Kier molecular flexibility index (Phi) is 10.4. The van der Waals surface area contributed by atoms with Crippen molar-refractivity contribution in [1.29, 1.82) is 0 Å². The number of ether oxygens (including phenoxy) is 2. The van der Waals surface area contributed by atoms with E-state index < -0.39 is 5.54 Å². The van der Waals surface area contributed by atoms with Crippen molar-refractivity contribution in [3.05, 3.63) is 0 Å². The fourth-order valence-corrected chi connectivity index (χ4v) is 3.11. The van der Waals surface area contributed by atoms with E-state index in [9.17, 15) is 4.79 Å². The number of hydrogen-bond acceptors (Lipinski definition) is 5. The van der Waals surface area contributed by atoms with Crippen molar-refractivity contribution in [3.8, 4) is 0 Å². The van der Waals surface area contributed by atoms with E-state index in [-0.39, 0.29) is 5.97 Å². The van der Waals surface area contributed by atoms with E-state index in [1.165, 1.54) is 7.11 Å². The molecule has 2 unspecified atom stereocenters. The Hall–Kier alpha value is -0.260. The standard InChI is InChI=1S/C14H29NO3S/c1-6-8-15-14(3,13(16)18-5)11-12(2)19-10-7-9-17-4/h12,15H,6-11H2,1-5H3. The molecule has 5 heteroatoms. The van der Waals surface area contributed by atoms with E-state index in [4.69, 9.17) is 9.47 Å². The summed E-state index contributed by atoms with van der Waals surface area (Å²) in [7, 11) is 3.17. The van der Waals surface area contributed by atoms with Crippen molar-refractivity contribution in [3.63, 3.8) is 0 Å². The minimum absolute atomic E-state index is 0.176. The number of rotatable bonds is 11. The molecule has 0 saturated carbocycles. The number of thioether (sulfide) groups is 1. The van der Waals surface area contributed by atoms with Gasteiger partial charge < -0.3 is 14.8 Å². The monoisotopic (exact) mass is 291 g/mol. The summed E-state index contributed by atoms with van der Waals surface area (Å²) in [6.45, 7) is 7.80. The largest absolute Gasteiger partial charge is 0.468 e. The molecule has 0 bridgehead atoms. The molecule has 0 radical (unpaired) electrons. The zero-order valence-electron chi connectivity index (χ0n) is 13.0. The van der Waals surface area contributed by atoms with Gasteiger partial charge in [-0.2, -0.15) is 11.8 Å². The zero-order chi connectivity index (χ0) is 14.7. The third-order valence-corrected chi connectivity index (χ3v) is 4.25. The van der Waals surface area contributed by atoms with E-state index >= 15 is 0 Å². The molecule has 0 heterocycles. The van der Waals surface area contributed by atoms with Crippen molar-refractivity contribution >= 4 is 17.7 Å². The van der Waals surface area contributed by atoms with Gasteiger partial charge in [-0.1, -0.05) is 13.8 Å². The van der Waals surface area contributed by atoms with Gasteiger partial charge in [-0.3, -0.25) is 4.79 Å². The highest BCUT2D eigenvalue weighted by atomic mass is 32.2. The lowest BCUT2D eigenvalue weighted by molar-refractivity contribution is -0.148. The third kappa shape index (κ3) is 7.80. The van der Waals surface area contributed by atoms with E-state index in [2.05, 4.69) is 19.2 Å². The molecule has 1 N–H and O–H groups in total. The van der Waals surface area contributed by atoms with Gasteiger partial charge in [0.15, 0.2) is 0 Å². The van der Waals surface area contributed by atoms with Crippen molar-refractivity contribution in [2.24, 2.45) is 0 Å². The average molecular weight is 291 g/mol. The van der Waals surface area contributed by atoms with Gasteiger partial charge in [-0.05, 0) is 38.5 Å². The smallest absolute Gasteiger partial charge is 0.325 e. The fourth-order valence-electron chi connectivity index (χ4n) is 1.98. The normalized spacial score (nSPS) is 15.8. The van der Waals surface area contributed by atoms with Crippen LogP contribution in [0.5, 0.6) is 0 Å². The lowest BCUT2D eigenvalue weighted by Gasteiger charge is -2.30. The van der Waals surface area contributed by atoms with Gasteiger partial charge in [0.1, 0.15) is 5.54 Å². The summed E-state index contributed by atoms with van der Waals surface area (Å²) in [6.07, 6.45) is 2.82.